The Morgan fingerprint density at radius 3 is 2.43 bits per heavy atom. The molecule has 0 heterocycles. The van der Waals surface area contributed by atoms with Crippen molar-refractivity contribution >= 4 is 16.0 Å². The maximum atomic E-state index is 12.1. The van der Waals surface area contributed by atoms with E-state index in [1.54, 1.807) is 0 Å². The highest BCUT2D eigenvalue weighted by atomic mass is 32.2. The highest BCUT2D eigenvalue weighted by Crippen LogP contribution is 2.16. The van der Waals surface area contributed by atoms with Crippen molar-refractivity contribution in [2.24, 2.45) is 0 Å². The van der Waals surface area contributed by atoms with Crippen LogP contribution in [-0.2, 0) is 19.6 Å². The predicted molar refractivity (Wildman–Crippen MR) is 75.4 cm³/mol. The minimum absolute atomic E-state index is 0.0336. The van der Waals surface area contributed by atoms with Crippen LogP contribution in [0.1, 0.15) is 13.3 Å². The summed E-state index contributed by atoms with van der Waals surface area (Å²) in [6.07, 6.45) is 0.846. The molecule has 2 N–H and O–H groups in total. The zero-order valence-electron chi connectivity index (χ0n) is 11.9. The van der Waals surface area contributed by atoms with Gasteiger partial charge in [0, 0.05) is 0 Å². The van der Waals surface area contributed by atoms with Gasteiger partial charge in [0.2, 0.25) is 10.0 Å². The summed E-state index contributed by atoms with van der Waals surface area (Å²) < 4.78 is 36.0. The summed E-state index contributed by atoms with van der Waals surface area (Å²) in [5.74, 6) is -0.300. The second kappa shape index (κ2) is 7.96. The molecule has 8 heteroatoms. The van der Waals surface area contributed by atoms with Crippen LogP contribution < -0.4 is 9.46 Å². The highest BCUT2D eigenvalue weighted by molar-refractivity contribution is 7.89. The molecule has 118 valence electrons. The minimum Gasteiger partial charge on any atom is -0.494 e. The molecule has 1 atom stereocenters. The van der Waals surface area contributed by atoms with Crippen molar-refractivity contribution in [1.82, 2.24) is 4.72 Å². The molecule has 0 amide bonds. The van der Waals surface area contributed by atoms with Crippen LogP contribution in [0.5, 0.6) is 5.75 Å². The Labute approximate surface area is 123 Å². The third kappa shape index (κ3) is 5.00. The molecule has 1 unspecified atom stereocenters. The standard InChI is InChI=1S/C13H19NO6S/c1-3-8-20-10-4-6-11(7-5-10)21(17,18)14-12(9-15)13(16)19-2/h4-7,12,14-15H,3,8-9H2,1-2H3. The molecule has 0 aliphatic carbocycles. The summed E-state index contributed by atoms with van der Waals surface area (Å²) in [5.41, 5.74) is 0. The van der Waals surface area contributed by atoms with Crippen molar-refractivity contribution in [3.8, 4) is 5.75 Å². The van der Waals surface area contributed by atoms with Gasteiger partial charge in [-0.25, -0.2) is 8.42 Å². The molecule has 0 saturated heterocycles. The van der Waals surface area contributed by atoms with Gasteiger partial charge in [-0.2, -0.15) is 4.72 Å². The molecule has 7 nitrogen and oxygen atoms in total. The van der Waals surface area contributed by atoms with Gasteiger partial charge in [0.1, 0.15) is 11.8 Å². The van der Waals surface area contributed by atoms with Crippen molar-refractivity contribution in [1.29, 1.82) is 0 Å². The summed E-state index contributed by atoms with van der Waals surface area (Å²) in [7, 11) is -2.82. The topological polar surface area (TPSA) is 102 Å². The van der Waals surface area contributed by atoms with Crippen molar-refractivity contribution < 1.29 is 27.8 Å². The first-order valence-corrected chi connectivity index (χ1v) is 7.86. The van der Waals surface area contributed by atoms with Crippen molar-refractivity contribution in [3.05, 3.63) is 24.3 Å². The Morgan fingerprint density at radius 2 is 1.95 bits per heavy atom. The van der Waals surface area contributed by atoms with Gasteiger partial charge in [0.15, 0.2) is 0 Å². The summed E-state index contributed by atoms with van der Waals surface area (Å²) in [5, 5.41) is 9.03. The van der Waals surface area contributed by atoms with Crippen LogP contribution in [-0.4, -0.2) is 45.9 Å². The van der Waals surface area contributed by atoms with Crippen LogP contribution >= 0.6 is 0 Å². The summed E-state index contributed by atoms with van der Waals surface area (Å²) in [4.78, 5) is 11.3. The van der Waals surface area contributed by atoms with E-state index in [0.29, 0.717) is 12.4 Å². The smallest absolute Gasteiger partial charge is 0.326 e. The summed E-state index contributed by atoms with van der Waals surface area (Å²) in [6, 6.07) is 4.43. The van der Waals surface area contributed by atoms with Gasteiger partial charge in [-0.1, -0.05) is 6.92 Å². The average Bonchev–Trinajstić information content (AvgIpc) is 2.50. The molecule has 0 fully saturated rings. The lowest BCUT2D eigenvalue weighted by atomic mass is 10.3. The number of sulfonamides is 1. The molecule has 1 aromatic rings. The maximum absolute atomic E-state index is 12.1. The van der Waals surface area contributed by atoms with Gasteiger partial charge < -0.3 is 14.6 Å². The molecule has 0 aliphatic heterocycles. The van der Waals surface area contributed by atoms with E-state index in [2.05, 4.69) is 9.46 Å². The lowest BCUT2D eigenvalue weighted by Gasteiger charge is -2.14. The van der Waals surface area contributed by atoms with Gasteiger partial charge in [-0.05, 0) is 30.7 Å². The number of hydrogen-bond donors (Lipinski definition) is 2. The van der Waals surface area contributed by atoms with Gasteiger partial charge >= 0.3 is 5.97 Å². The third-order valence-electron chi connectivity index (χ3n) is 2.57. The molecule has 0 spiro atoms. The minimum atomic E-state index is -3.93. The molecule has 0 aliphatic rings. The van der Waals surface area contributed by atoms with Crippen LogP contribution in [0.15, 0.2) is 29.2 Å². The van der Waals surface area contributed by atoms with E-state index >= 15 is 0 Å². The monoisotopic (exact) mass is 317 g/mol. The Bertz CT molecular complexity index is 555. The number of rotatable bonds is 8. The second-order valence-corrected chi connectivity index (χ2v) is 5.91. The van der Waals surface area contributed by atoms with E-state index in [0.717, 1.165) is 13.5 Å². The molecular formula is C13H19NO6S. The molecular weight excluding hydrogens is 298 g/mol. The number of carbonyl (C=O) groups excluding carboxylic acids is 1. The van der Waals surface area contributed by atoms with Crippen LogP contribution in [0.25, 0.3) is 0 Å². The molecule has 1 rings (SSSR count). The zero-order valence-corrected chi connectivity index (χ0v) is 12.7. The fourth-order valence-corrected chi connectivity index (χ4v) is 2.67. The Kier molecular flexibility index (Phi) is 6.60. The van der Waals surface area contributed by atoms with Gasteiger partial charge in [-0.3, -0.25) is 4.79 Å². The molecule has 0 bridgehead atoms. The lowest BCUT2D eigenvalue weighted by Crippen LogP contribution is -2.43. The molecule has 0 aromatic heterocycles. The predicted octanol–water partition coefficient (Wildman–Crippen LogP) is 0.288. The Hall–Kier alpha value is -1.64. The number of methoxy groups -OCH3 is 1. The van der Waals surface area contributed by atoms with Crippen LogP contribution in [0.3, 0.4) is 0 Å². The van der Waals surface area contributed by atoms with Gasteiger partial charge in [-0.15, -0.1) is 0 Å². The number of nitrogens with one attached hydrogen (secondary N) is 1. The fraction of sp³-hybridized carbons (Fsp3) is 0.462. The Morgan fingerprint density at radius 1 is 1.33 bits per heavy atom. The van der Waals surface area contributed by atoms with Crippen LogP contribution in [0.2, 0.25) is 0 Å². The van der Waals surface area contributed by atoms with Crippen molar-refractivity contribution in [2.75, 3.05) is 20.3 Å². The number of ether oxygens (including phenoxy) is 2. The highest BCUT2D eigenvalue weighted by Gasteiger charge is 2.25. The van der Waals surface area contributed by atoms with Crippen LogP contribution in [0, 0.1) is 0 Å². The lowest BCUT2D eigenvalue weighted by molar-refractivity contribution is -0.143. The van der Waals surface area contributed by atoms with E-state index in [1.807, 2.05) is 6.92 Å². The first kappa shape index (κ1) is 17.4. The normalized spacial score (nSPS) is 12.7. The molecule has 0 saturated carbocycles. The van der Waals surface area contributed by atoms with E-state index in [1.165, 1.54) is 24.3 Å². The summed E-state index contributed by atoms with van der Waals surface area (Å²) >= 11 is 0. The zero-order chi connectivity index (χ0) is 15.9. The van der Waals surface area contributed by atoms with Gasteiger partial charge in [0.25, 0.3) is 0 Å². The molecule has 1 aromatic carbocycles. The number of carbonyl (C=O) groups is 1. The number of aliphatic hydroxyl groups is 1. The van der Waals surface area contributed by atoms with E-state index in [4.69, 9.17) is 9.84 Å². The Balaban J connectivity index is 2.84. The first-order chi connectivity index (χ1) is 9.94. The number of esters is 1. The SMILES string of the molecule is CCCOc1ccc(S(=O)(=O)NC(CO)C(=O)OC)cc1. The summed E-state index contributed by atoms with van der Waals surface area (Å²) in [6.45, 7) is 1.81. The first-order valence-electron chi connectivity index (χ1n) is 6.38. The molecule has 21 heavy (non-hydrogen) atoms. The quantitative estimate of drug-likeness (QED) is 0.668. The van der Waals surface area contributed by atoms with Crippen molar-refractivity contribution in [2.45, 2.75) is 24.3 Å². The fourth-order valence-electron chi connectivity index (χ4n) is 1.49. The largest absolute Gasteiger partial charge is 0.494 e. The second-order valence-electron chi connectivity index (χ2n) is 4.20. The molecule has 0 radical (unpaired) electrons. The third-order valence-corrected chi connectivity index (χ3v) is 4.06. The van der Waals surface area contributed by atoms with E-state index in [9.17, 15) is 13.2 Å². The average molecular weight is 317 g/mol. The number of benzene rings is 1. The number of hydrogen-bond acceptors (Lipinski definition) is 6. The maximum Gasteiger partial charge on any atom is 0.326 e. The van der Waals surface area contributed by atoms with Gasteiger partial charge in [0.05, 0.1) is 25.2 Å². The van der Waals surface area contributed by atoms with Crippen LogP contribution in [0.4, 0.5) is 0 Å². The van der Waals surface area contributed by atoms with E-state index < -0.39 is 28.6 Å². The van der Waals surface area contributed by atoms with Crippen molar-refractivity contribution in [3.63, 3.8) is 0 Å². The van der Waals surface area contributed by atoms with E-state index in [-0.39, 0.29) is 4.90 Å². The number of aliphatic hydroxyl groups excluding tert-OH is 1.